The number of nitrogens with one attached hydrogen (secondary N) is 1. The highest BCUT2D eigenvalue weighted by Gasteiger charge is 2.23. The fourth-order valence-corrected chi connectivity index (χ4v) is 5.09. The molecule has 1 N–H and O–H groups in total. The first-order valence-electron chi connectivity index (χ1n) is 10.4. The number of piperazine rings is 1. The van der Waals surface area contributed by atoms with Crippen LogP contribution in [-0.2, 0) is 14.8 Å². The smallest absolute Gasteiger partial charge is 0.234 e. The zero-order chi connectivity index (χ0) is 23.4. The van der Waals surface area contributed by atoms with E-state index in [9.17, 15) is 13.2 Å². The van der Waals surface area contributed by atoms with Gasteiger partial charge >= 0.3 is 0 Å². The van der Waals surface area contributed by atoms with Crippen LogP contribution in [0.25, 0.3) is 5.69 Å². The number of carbonyl (C=O) groups excluding carboxylic acids is 1. The number of aryl methyl sites for hydroxylation is 1. The predicted octanol–water partition coefficient (Wildman–Crippen LogP) is 1.78. The highest BCUT2D eigenvalue weighted by atomic mass is 32.2. The van der Waals surface area contributed by atoms with Crippen LogP contribution in [0.3, 0.4) is 0 Å². The van der Waals surface area contributed by atoms with Gasteiger partial charge in [-0.1, -0.05) is 30.0 Å². The number of benzene rings is 2. The first kappa shape index (κ1) is 23.2. The molecule has 0 saturated carbocycles. The largest absolute Gasteiger partial charge is 0.369 e. The molecule has 4 rings (SSSR count). The van der Waals surface area contributed by atoms with Crippen LogP contribution in [0.15, 0.2) is 53.7 Å². The number of carbonyl (C=O) groups is 1. The molecular formula is C21H25N7O3S2. The lowest BCUT2D eigenvalue weighted by molar-refractivity contribution is -0.113. The molecule has 1 fully saturated rings. The summed E-state index contributed by atoms with van der Waals surface area (Å²) in [6.07, 6.45) is 1.24. The Labute approximate surface area is 197 Å². The van der Waals surface area contributed by atoms with E-state index in [0.29, 0.717) is 37.0 Å². The zero-order valence-electron chi connectivity index (χ0n) is 18.4. The Balaban J connectivity index is 1.31. The number of hydrogen-bond acceptors (Lipinski definition) is 8. The molecule has 2 heterocycles. The molecule has 174 valence electrons. The second kappa shape index (κ2) is 9.89. The van der Waals surface area contributed by atoms with Crippen LogP contribution in [0.2, 0.25) is 0 Å². The van der Waals surface area contributed by atoms with Crippen molar-refractivity contribution in [2.75, 3.05) is 48.4 Å². The molecular weight excluding hydrogens is 462 g/mol. The Morgan fingerprint density at radius 1 is 1.06 bits per heavy atom. The first-order chi connectivity index (χ1) is 15.8. The van der Waals surface area contributed by atoms with Crippen molar-refractivity contribution < 1.29 is 13.2 Å². The highest BCUT2D eigenvalue weighted by Crippen LogP contribution is 2.22. The summed E-state index contributed by atoms with van der Waals surface area (Å²) in [7, 11) is -3.15. The summed E-state index contributed by atoms with van der Waals surface area (Å²) in [6.45, 7) is 4.18. The van der Waals surface area contributed by atoms with E-state index in [4.69, 9.17) is 0 Å². The summed E-state index contributed by atoms with van der Waals surface area (Å²) >= 11 is 1.27. The van der Waals surface area contributed by atoms with E-state index in [1.165, 1.54) is 22.3 Å². The number of sulfonamides is 1. The van der Waals surface area contributed by atoms with Gasteiger partial charge in [-0.25, -0.2) is 8.42 Å². The first-order valence-corrected chi connectivity index (χ1v) is 13.2. The maximum Gasteiger partial charge on any atom is 0.234 e. The van der Waals surface area contributed by atoms with Crippen molar-refractivity contribution in [1.29, 1.82) is 0 Å². The summed E-state index contributed by atoms with van der Waals surface area (Å²) in [5.74, 6) is 0.00964. The Kier molecular flexibility index (Phi) is 6.96. The molecule has 1 amide bonds. The average Bonchev–Trinajstić information content (AvgIpc) is 3.26. The number of rotatable bonds is 7. The van der Waals surface area contributed by atoms with Gasteiger partial charge in [-0.05, 0) is 53.2 Å². The standard InChI is InChI=1S/C21H25N7O3S2/c1-16-5-3-4-6-19(16)28-21(23-24-25-28)32-15-20(29)22-17-7-9-18(10-8-17)26-11-13-27(14-12-26)33(2,30)31/h3-10H,11-15H2,1-2H3,(H,22,29). The van der Waals surface area contributed by atoms with Gasteiger partial charge in [0.05, 0.1) is 17.7 Å². The minimum atomic E-state index is -3.15. The third kappa shape index (κ3) is 5.70. The zero-order valence-corrected chi connectivity index (χ0v) is 20.0. The quantitative estimate of drug-likeness (QED) is 0.502. The number of tetrazole rings is 1. The van der Waals surface area contributed by atoms with Crippen molar-refractivity contribution in [2.45, 2.75) is 12.1 Å². The normalized spacial score (nSPS) is 14.9. The second-order valence-corrected chi connectivity index (χ2v) is 10.6. The topological polar surface area (TPSA) is 113 Å². The van der Waals surface area contributed by atoms with Gasteiger partial charge in [-0.2, -0.15) is 8.99 Å². The van der Waals surface area contributed by atoms with E-state index in [-0.39, 0.29) is 11.7 Å². The number of thioether (sulfide) groups is 1. The van der Waals surface area contributed by atoms with Crippen LogP contribution >= 0.6 is 11.8 Å². The number of hydrogen-bond donors (Lipinski definition) is 1. The van der Waals surface area contributed by atoms with Gasteiger partial charge in [-0.15, -0.1) is 5.10 Å². The summed E-state index contributed by atoms with van der Waals surface area (Å²) in [4.78, 5) is 14.6. The summed E-state index contributed by atoms with van der Waals surface area (Å²) < 4.78 is 26.5. The van der Waals surface area contributed by atoms with E-state index in [1.54, 1.807) is 4.68 Å². The molecule has 3 aromatic rings. The molecule has 0 spiro atoms. The van der Waals surface area contributed by atoms with Crippen LogP contribution < -0.4 is 10.2 Å². The molecule has 0 unspecified atom stereocenters. The summed E-state index contributed by atoms with van der Waals surface area (Å²) in [5, 5.41) is 15.3. The highest BCUT2D eigenvalue weighted by molar-refractivity contribution is 7.99. The molecule has 1 saturated heterocycles. The van der Waals surface area contributed by atoms with Crippen LogP contribution in [0.1, 0.15) is 5.56 Å². The van der Waals surface area contributed by atoms with E-state index < -0.39 is 10.0 Å². The van der Waals surface area contributed by atoms with E-state index in [2.05, 4.69) is 25.7 Å². The van der Waals surface area contributed by atoms with E-state index >= 15 is 0 Å². The third-order valence-electron chi connectivity index (χ3n) is 5.34. The lowest BCUT2D eigenvalue weighted by atomic mass is 10.2. The Morgan fingerprint density at radius 3 is 2.42 bits per heavy atom. The van der Waals surface area contributed by atoms with Gasteiger partial charge in [0.15, 0.2) is 0 Å². The van der Waals surface area contributed by atoms with Gasteiger partial charge in [0.25, 0.3) is 0 Å². The Hall–Kier alpha value is -2.96. The summed E-state index contributed by atoms with van der Waals surface area (Å²) in [5.41, 5.74) is 3.60. The van der Waals surface area contributed by atoms with Crippen molar-refractivity contribution >= 4 is 39.1 Å². The van der Waals surface area contributed by atoms with Crippen molar-refractivity contribution in [2.24, 2.45) is 0 Å². The molecule has 2 aromatic carbocycles. The van der Waals surface area contributed by atoms with Crippen LogP contribution in [-0.4, -0.2) is 77.0 Å². The number of amides is 1. The molecule has 0 atom stereocenters. The van der Waals surface area contributed by atoms with E-state index in [0.717, 1.165) is 16.9 Å². The minimum Gasteiger partial charge on any atom is -0.369 e. The Morgan fingerprint density at radius 2 is 1.76 bits per heavy atom. The molecule has 10 nitrogen and oxygen atoms in total. The van der Waals surface area contributed by atoms with Gasteiger partial charge < -0.3 is 10.2 Å². The number of aromatic nitrogens is 4. The van der Waals surface area contributed by atoms with Crippen molar-refractivity contribution in [3.8, 4) is 5.69 Å². The molecule has 33 heavy (non-hydrogen) atoms. The number of para-hydroxylation sites is 1. The van der Waals surface area contributed by atoms with Crippen LogP contribution in [0, 0.1) is 6.92 Å². The average molecular weight is 488 g/mol. The van der Waals surface area contributed by atoms with Crippen LogP contribution in [0.4, 0.5) is 11.4 Å². The maximum absolute atomic E-state index is 12.5. The minimum absolute atomic E-state index is 0.158. The van der Waals surface area contributed by atoms with Crippen molar-refractivity contribution in [3.05, 3.63) is 54.1 Å². The van der Waals surface area contributed by atoms with Crippen molar-refractivity contribution in [3.63, 3.8) is 0 Å². The molecule has 1 aliphatic rings. The lowest BCUT2D eigenvalue weighted by Crippen LogP contribution is -2.48. The van der Waals surface area contributed by atoms with E-state index in [1.807, 2.05) is 55.5 Å². The molecule has 0 bridgehead atoms. The number of anilines is 2. The second-order valence-electron chi connectivity index (χ2n) is 7.69. The van der Waals surface area contributed by atoms with Gasteiger partial charge in [0, 0.05) is 37.6 Å². The Bertz CT molecular complexity index is 1220. The van der Waals surface area contributed by atoms with Gasteiger partial charge in [-0.3, -0.25) is 4.79 Å². The number of nitrogens with zero attached hydrogens (tertiary/aromatic N) is 6. The fourth-order valence-electron chi connectivity index (χ4n) is 3.58. The molecule has 12 heteroatoms. The van der Waals surface area contributed by atoms with Gasteiger partial charge in [0.2, 0.25) is 21.1 Å². The predicted molar refractivity (Wildman–Crippen MR) is 128 cm³/mol. The van der Waals surface area contributed by atoms with Crippen molar-refractivity contribution in [1.82, 2.24) is 24.5 Å². The molecule has 0 aliphatic carbocycles. The summed E-state index contributed by atoms with van der Waals surface area (Å²) in [6, 6.07) is 15.3. The maximum atomic E-state index is 12.5. The SMILES string of the molecule is Cc1ccccc1-n1nnnc1SCC(=O)Nc1ccc(N2CCN(S(C)(=O)=O)CC2)cc1. The van der Waals surface area contributed by atoms with Gasteiger partial charge in [0.1, 0.15) is 0 Å². The molecule has 0 radical (unpaired) electrons. The molecule has 1 aliphatic heterocycles. The fraction of sp³-hybridized carbons (Fsp3) is 0.333. The third-order valence-corrected chi connectivity index (χ3v) is 7.56. The monoisotopic (exact) mass is 487 g/mol. The lowest BCUT2D eigenvalue weighted by Gasteiger charge is -2.34. The molecule has 1 aromatic heterocycles. The van der Waals surface area contributed by atoms with Crippen LogP contribution in [0.5, 0.6) is 0 Å².